The summed E-state index contributed by atoms with van der Waals surface area (Å²) < 4.78 is 5.75. The van der Waals surface area contributed by atoms with Crippen LogP contribution in [0.25, 0.3) is 0 Å². The molecule has 0 radical (unpaired) electrons. The minimum atomic E-state index is -0.580. The maximum atomic E-state index is 10.2. The van der Waals surface area contributed by atoms with Crippen LogP contribution >= 0.6 is 0 Å². The van der Waals surface area contributed by atoms with Gasteiger partial charge < -0.3 is 14.7 Å². The van der Waals surface area contributed by atoms with Crippen LogP contribution in [0.1, 0.15) is 38.3 Å². The van der Waals surface area contributed by atoms with Gasteiger partial charge in [-0.3, -0.25) is 4.90 Å². The maximum absolute atomic E-state index is 10.2. The summed E-state index contributed by atoms with van der Waals surface area (Å²) in [5, 5.41) is 10.2. The van der Waals surface area contributed by atoms with Gasteiger partial charge >= 0.3 is 0 Å². The van der Waals surface area contributed by atoms with Gasteiger partial charge in [-0.25, -0.2) is 0 Å². The molecule has 1 heterocycles. The average Bonchev–Trinajstić information content (AvgIpc) is 2.90. The number of benzene rings is 1. The molecule has 1 aromatic rings. The quantitative estimate of drug-likeness (QED) is 0.838. The number of hydrogen-bond donors (Lipinski definition) is 1. The molecule has 1 atom stereocenters. The van der Waals surface area contributed by atoms with Crippen LogP contribution in [0.5, 0.6) is 5.75 Å². The van der Waals surface area contributed by atoms with Crippen LogP contribution in [0.4, 0.5) is 0 Å². The number of nitrogens with zero attached hydrogens (tertiary/aromatic N) is 2. The van der Waals surface area contributed by atoms with Crippen LogP contribution < -0.4 is 4.74 Å². The first-order chi connectivity index (χ1) is 10.8. The molecular weight excluding hydrogens is 288 g/mol. The fourth-order valence-corrected chi connectivity index (χ4v) is 3.30. The van der Waals surface area contributed by atoms with E-state index in [9.17, 15) is 5.11 Å². The van der Waals surface area contributed by atoms with E-state index in [4.69, 9.17) is 4.74 Å². The van der Waals surface area contributed by atoms with E-state index >= 15 is 0 Å². The Morgan fingerprint density at radius 3 is 2.65 bits per heavy atom. The Morgan fingerprint density at radius 1 is 1.35 bits per heavy atom. The Hall–Kier alpha value is -1.10. The molecule has 1 saturated heterocycles. The van der Waals surface area contributed by atoms with Gasteiger partial charge in [-0.15, -0.1) is 0 Å². The van der Waals surface area contributed by atoms with Crippen molar-refractivity contribution in [1.29, 1.82) is 0 Å². The van der Waals surface area contributed by atoms with E-state index in [1.54, 1.807) is 0 Å². The van der Waals surface area contributed by atoms with Crippen molar-refractivity contribution in [3.63, 3.8) is 0 Å². The Morgan fingerprint density at radius 2 is 2.09 bits per heavy atom. The lowest BCUT2D eigenvalue weighted by molar-refractivity contribution is 0.0208. The molecule has 1 N–H and O–H groups in total. The summed E-state index contributed by atoms with van der Waals surface area (Å²) in [6.07, 6.45) is 1.07. The summed E-state index contributed by atoms with van der Waals surface area (Å²) in [4.78, 5) is 4.61. The highest BCUT2D eigenvalue weighted by Gasteiger charge is 2.33. The van der Waals surface area contributed by atoms with Crippen molar-refractivity contribution in [2.75, 3.05) is 33.8 Å². The van der Waals surface area contributed by atoms with Gasteiger partial charge in [0.25, 0.3) is 0 Å². The Bertz CT molecular complexity index is 509. The van der Waals surface area contributed by atoms with Crippen molar-refractivity contribution in [2.45, 2.75) is 45.9 Å². The molecule has 0 aromatic heterocycles. The van der Waals surface area contributed by atoms with Gasteiger partial charge in [-0.05, 0) is 65.5 Å². The molecule has 1 aliphatic heterocycles. The first kappa shape index (κ1) is 18.2. The van der Waals surface area contributed by atoms with Gasteiger partial charge in [0.2, 0.25) is 0 Å². The van der Waals surface area contributed by atoms with Crippen LogP contribution in [-0.4, -0.2) is 54.3 Å². The summed E-state index contributed by atoms with van der Waals surface area (Å²) in [5.41, 5.74) is 1.98. The fourth-order valence-electron chi connectivity index (χ4n) is 3.30. The topological polar surface area (TPSA) is 35.9 Å². The zero-order chi connectivity index (χ0) is 17.0. The number of ether oxygens (including phenoxy) is 1. The van der Waals surface area contributed by atoms with Crippen LogP contribution in [-0.2, 0) is 13.1 Å². The molecule has 4 nitrogen and oxygen atoms in total. The van der Waals surface area contributed by atoms with Gasteiger partial charge in [0.1, 0.15) is 5.75 Å². The van der Waals surface area contributed by atoms with E-state index in [-0.39, 0.29) is 0 Å². The number of rotatable bonds is 7. The zero-order valence-electron chi connectivity index (χ0n) is 15.3. The van der Waals surface area contributed by atoms with E-state index in [0.29, 0.717) is 12.5 Å². The predicted octanol–water partition coefficient (Wildman–Crippen LogP) is 2.74. The van der Waals surface area contributed by atoms with E-state index in [1.807, 2.05) is 20.8 Å². The smallest absolute Gasteiger partial charge is 0.123 e. The molecule has 4 heteroatoms. The standard InChI is InChI=1S/C19H32N2O2/c1-6-23-18-8-7-15(11-16(18)13-20(4)5)12-21-10-9-17(14-21)19(2,3)22/h7-8,11,17,22H,6,9-10,12-14H2,1-5H3. The van der Waals surface area contributed by atoms with Gasteiger partial charge in [0, 0.05) is 31.1 Å². The summed E-state index contributed by atoms with van der Waals surface area (Å²) in [5.74, 6) is 1.35. The minimum absolute atomic E-state index is 0.367. The molecule has 1 unspecified atom stereocenters. The Balaban J connectivity index is 2.06. The predicted molar refractivity (Wildman–Crippen MR) is 94.7 cm³/mol. The molecule has 1 aliphatic rings. The SMILES string of the molecule is CCOc1ccc(CN2CCC(C(C)(C)O)C2)cc1CN(C)C. The molecule has 0 saturated carbocycles. The summed E-state index contributed by atoms with van der Waals surface area (Å²) in [6, 6.07) is 6.53. The third-order valence-corrected chi connectivity index (χ3v) is 4.59. The van der Waals surface area contributed by atoms with Gasteiger partial charge in [-0.1, -0.05) is 6.07 Å². The number of likely N-dealkylation sites (tertiary alicyclic amines) is 1. The summed E-state index contributed by atoms with van der Waals surface area (Å²) in [6.45, 7) is 10.4. The van der Waals surface area contributed by atoms with E-state index in [1.165, 1.54) is 11.1 Å². The first-order valence-electron chi connectivity index (χ1n) is 8.63. The third-order valence-electron chi connectivity index (χ3n) is 4.59. The molecule has 1 aromatic carbocycles. The highest BCUT2D eigenvalue weighted by molar-refractivity contribution is 5.37. The zero-order valence-corrected chi connectivity index (χ0v) is 15.3. The van der Waals surface area contributed by atoms with Crippen LogP contribution in [0.3, 0.4) is 0 Å². The summed E-state index contributed by atoms with van der Waals surface area (Å²) in [7, 11) is 4.16. The van der Waals surface area contributed by atoms with Crippen LogP contribution in [0, 0.1) is 5.92 Å². The minimum Gasteiger partial charge on any atom is -0.494 e. The monoisotopic (exact) mass is 320 g/mol. The second kappa shape index (κ2) is 7.65. The maximum Gasteiger partial charge on any atom is 0.123 e. The molecule has 23 heavy (non-hydrogen) atoms. The van der Waals surface area contributed by atoms with E-state index in [2.05, 4.69) is 42.1 Å². The van der Waals surface area contributed by atoms with Crippen molar-refractivity contribution in [3.8, 4) is 5.75 Å². The van der Waals surface area contributed by atoms with Crippen LogP contribution in [0.2, 0.25) is 0 Å². The second-order valence-electron chi connectivity index (χ2n) is 7.49. The molecular formula is C19H32N2O2. The van der Waals surface area contributed by atoms with Crippen molar-refractivity contribution in [1.82, 2.24) is 9.80 Å². The van der Waals surface area contributed by atoms with E-state index in [0.717, 1.165) is 38.3 Å². The van der Waals surface area contributed by atoms with Crippen molar-refractivity contribution < 1.29 is 9.84 Å². The first-order valence-corrected chi connectivity index (χ1v) is 8.63. The lowest BCUT2D eigenvalue weighted by Crippen LogP contribution is -2.33. The summed E-state index contributed by atoms with van der Waals surface area (Å²) >= 11 is 0. The molecule has 130 valence electrons. The normalized spacial score (nSPS) is 19.5. The van der Waals surface area contributed by atoms with Gasteiger partial charge in [0.05, 0.1) is 12.2 Å². The second-order valence-corrected chi connectivity index (χ2v) is 7.49. The largest absolute Gasteiger partial charge is 0.494 e. The highest BCUT2D eigenvalue weighted by Crippen LogP contribution is 2.29. The molecule has 0 bridgehead atoms. The van der Waals surface area contributed by atoms with Crippen molar-refractivity contribution in [3.05, 3.63) is 29.3 Å². The molecule has 0 spiro atoms. The highest BCUT2D eigenvalue weighted by atomic mass is 16.5. The third kappa shape index (κ3) is 5.20. The lowest BCUT2D eigenvalue weighted by Gasteiger charge is -2.26. The fraction of sp³-hybridized carbons (Fsp3) is 0.684. The Labute approximate surface area is 141 Å². The number of aliphatic hydroxyl groups is 1. The van der Waals surface area contributed by atoms with Crippen molar-refractivity contribution in [2.24, 2.45) is 5.92 Å². The van der Waals surface area contributed by atoms with Crippen molar-refractivity contribution >= 4 is 0 Å². The number of hydrogen-bond acceptors (Lipinski definition) is 4. The lowest BCUT2D eigenvalue weighted by atomic mass is 9.90. The van der Waals surface area contributed by atoms with E-state index < -0.39 is 5.60 Å². The molecule has 0 amide bonds. The molecule has 2 rings (SSSR count). The van der Waals surface area contributed by atoms with Gasteiger partial charge in [0.15, 0.2) is 0 Å². The molecule has 0 aliphatic carbocycles. The van der Waals surface area contributed by atoms with Gasteiger partial charge in [-0.2, -0.15) is 0 Å². The Kier molecular flexibility index (Phi) is 6.06. The average molecular weight is 320 g/mol. The molecule has 1 fully saturated rings. The van der Waals surface area contributed by atoms with Crippen LogP contribution in [0.15, 0.2) is 18.2 Å².